The van der Waals surface area contributed by atoms with Crippen molar-refractivity contribution in [1.82, 2.24) is 16.2 Å². The molecule has 0 heterocycles. The average molecular weight is 464 g/mol. The van der Waals surface area contributed by atoms with Gasteiger partial charge in [0.05, 0.1) is 12.2 Å². The number of hydrazine groups is 1. The molecule has 28 heavy (non-hydrogen) atoms. The summed E-state index contributed by atoms with van der Waals surface area (Å²) in [4.78, 5) is 24.5. The second-order valence-corrected chi connectivity index (χ2v) is 7.66. The van der Waals surface area contributed by atoms with Crippen LogP contribution in [0.4, 0.5) is 0 Å². The highest BCUT2D eigenvalue weighted by molar-refractivity contribution is 9.10. The van der Waals surface area contributed by atoms with E-state index in [-0.39, 0.29) is 11.0 Å². The van der Waals surface area contributed by atoms with Crippen LogP contribution in [0.25, 0.3) is 0 Å². The third-order valence-electron chi connectivity index (χ3n) is 3.70. The van der Waals surface area contributed by atoms with Crippen LogP contribution in [-0.4, -0.2) is 23.5 Å². The molecule has 2 aromatic rings. The minimum absolute atomic E-state index is 0.0171. The van der Waals surface area contributed by atoms with Crippen molar-refractivity contribution >= 4 is 45.1 Å². The van der Waals surface area contributed by atoms with Gasteiger partial charge in [-0.3, -0.25) is 25.8 Å². The molecule has 0 saturated carbocycles. The van der Waals surface area contributed by atoms with Crippen LogP contribution in [0.2, 0.25) is 0 Å². The van der Waals surface area contributed by atoms with Gasteiger partial charge in [-0.25, -0.2) is 0 Å². The molecule has 3 N–H and O–H groups in total. The molecule has 0 spiro atoms. The molecule has 0 aliphatic rings. The van der Waals surface area contributed by atoms with E-state index in [0.29, 0.717) is 33.9 Å². The maximum atomic E-state index is 12.3. The molecule has 0 aliphatic carbocycles. The Morgan fingerprint density at radius 1 is 1.07 bits per heavy atom. The lowest BCUT2D eigenvalue weighted by molar-refractivity contribution is 0.0934. The van der Waals surface area contributed by atoms with Crippen LogP contribution in [0.3, 0.4) is 0 Å². The molecule has 0 saturated heterocycles. The van der Waals surface area contributed by atoms with E-state index in [1.54, 1.807) is 48.5 Å². The maximum Gasteiger partial charge on any atom is 0.270 e. The zero-order chi connectivity index (χ0) is 20.5. The molecule has 0 radical (unpaired) electrons. The molecule has 0 aromatic heterocycles. The predicted octanol–water partition coefficient (Wildman–Crippen LogP) is 3.82. The molecule has 8 heteroatoms. The van der Waals surface area contributed by atoms with Crippen molar-refractivity contribution in [3.05, 3.63) is 64.1 Å². The van der Waals surface area contributed by atoms with Gasteiger partial charge in [-0.05, 0) is 70.8 Å². The second kappa shape index (κ2) is 10.8. The van der Waals surface area contributed by atoms with Crippen molar-refractivity contribution in [2.24, 2.45) is 5.92 Å². The lowest BCUT2D eigenvalue weighted by Crippen LogP contribution is -2.48. The second-order valence-electron chi connectivity index (χ2n) is 6.40. The first-order valence-corrected chi connectivity index (χ1v) is 9.96. The highest BCUT2D eigenvalue weighted by atomic mass is 79.9. The third-order valence-corrected chi connectivity index (χ3v) is 4.59. The summed E-state index contributed by atoms with van der Waals surface area (Å²) in [5, 5.41) is 2.50. The van der Waals surface area contributed by atoms with Gasteiger partial charge in [0.1, 0.15) is 5.75 Å². The summed E-state index contributed by atoms with van der Waals surface area (Å²) in [5.74, 6) is 0.377. The van der Waals surface area contributed by atoms with Crippen molar-refractivity contribution in [2.45, 2.75) is 20.3 Å². The van der Waals surface area contributed by atoms with Crippen molar-refractivity contribution in [1.29, 1.82) is 0 Å². The predicted molar refractivity (Wildman–Crippen MR) is 116 cm³/mol. The van der Waals surface area contributed by atoms with Crippen molar-refractivity contribution < 1.29 is 14.3 Å². The fraction of sp³-hybridized carbons (Fsp3) is 0.250. The van der Waals surface area contributed by atoms with Gasteiger partial charge >= 0.3 is 0 Å². The van der Waals surface area contributed by atoms with Crippen LogP contribution in [-0.2, 0) is 0 Å². The summed E-state index contributed by atoms with van der Waals surface area (Å²) in [6.07, 6.45) is 0.932. The van der Waals surface area contributed by atoms with Crippen molar-refractivity contribution in [2.75, 3.05) is 6.61 Å². The first kappa shape index (κ1) is 21.8. The molecule has 0 bridgehead atoms. The smallest absolute Gasteiger partial charge is 0.270 e. The largest absolute Gasteiger partial charge is 0.494 e. The first-order valence-electron chi connectivity index (χ1n) is 8.76. The van der Waals surface area contributed by atoms with E-state index in [9.17, 15) is 9.59 Å². The van der Waals surface area contributed by atoms with Crippen LogP contribution in [0.5, 0.6) is 5.75 Å². The van der Waals surface area contributed by atoms with Gasteiger partial charge in [0, 0.05) is 10.0 Å². The summed E-state index contributed by atoms with van der Waals surface area (Å²) in [6.45, 7) is 4.83. The summed E-state index contributed by atoms with van der Waals surface area (Å²) < 4.78 is 6.31. The highest BCUT2D eigenvalue weighted by Gasteiger charge is 2.12. The lowest BCUT2D eigenvalue weighted by atomic mass is 10.1. The fourth-order valence-corrected chi connectivity index (χ4v) is 2.78. The van der Waals surface area contributed by atoms with Crippen LogP contribution in [0.15, 0.2) is 53.0 Å². The Hall–Kier alpha value is -2.45. The number of nitrogens with one attached hydrogen (secondary N) is 3. The van der Waals surface area contributed by atoms with E-state index in [1.165, 1.54) is 0 Å². The Bertz CT molecular complexity index is 858. The van der Waals surface area contributed by atoms with Crippen LogP contribution in [0.1, 0.15) is 41.0 Å². The van der Waals surface area contributed by atoms with Gasteiger partial charge in [-0.1, -0.05) is 32.0 Å². The Morgan fingerprint density at radius 2 is 1.82 bits per heavy atom. The number of carbonyl (C=O) groups excluding carboxylic acids is 2. The van der Waals surface area contributed by atoms with Crippen molar-refractivity contribution in [3.63, 3.8) is 0 Å². The molecule has 2 aromatic carbocycles. The minimum atomic E-state index is -0.401. The van der Waals surface area contributed by atoms with E-state index in [2.05, 4.69) is 45.9 Å². The third kappa shape index (κ3) is 6.94. The molecule has 0 unspecified atom stereocenters. The quantitative estimate of drug-likeness (QED) is 0.448. The van der Waals surface area contributed by atoms with Gasteiger partial charge in [0.2, 0.25) is 0 Å². The summed E-state index contributed by atoms with van der Waals surface area (Å²) in [5.41, 5.74) is 5.81. The van der Waals surface area contributed by atoms with E-state index >= 15 is 0 Å². The molecule has 2 amide bonds. The Balaban J connectivity index is 1.86. The topological polar surface area (TPSA) is 79.5 Å². The number of hydrogen-bond donors (Lipinski definition) is 3. The molecular formula is C20H22BrN3O3S. The molecule has 0 fully saturated rings. The van der Waals surface area contributed by atoms with Gasteiger partial charge in [-0.2, -0.15) is 0 Å². The number of halogens is 1. The first-order chi connectivity index (χ1) is 13.4. The molecule has 2 rings (SSSR count). The van der Waals surface area contributed by atoms with Crippen LogP contribution < -0.4 is 20.9 Å². The fourth-order valence-electron chi connectivity index (χ4n) is 2.17. The average Bonchev–Trinajstić information content (AvgIpc) is 2.66. The number of amides is 2. The Kier molecular flexibility index (Phi) is 8.41. The molecule has 148 valence electrons. The van der Waals surface area contributed by atoms with E-state index in [0.717, 1.165) is 6.42 Å². The molecular weight excluding hydrogens is 442 g/mol. The molecule has 6 nitrogen and oxygen atoms in total. The van der Waals surface area contributed by atoms with Crippen molar-refractivity contribution in [3.8, 4) is 5.75 Å². The molecule has 0 atom stereocenters. The summed E-state index contributed by atoms with van der Waals surface area (Å²) >= 11 is 8.37. The number of benzene rings is 2. The number of carbonyl (C=O) groups is 2. The number of thiocarbonyl (C=S) groups is 1. The standard InChI is InChI=1S/C20H22BrN3O3S/c1-13(2)10-11-27-15-7-5-6-14(12-15)18(25)22-20(28)24-23-19(26)16-8-3-4-9-17(16)21/h3-9,12-13H,10-11H2,1-2H3,(H,23,26)(H2,22,24,25,28). The minimum Gasteiger partial charge on any atom is -0.494 e. The SMILES string of the molecule is CC(C)CCOc1cccc(C(=O)NC(=S)NNC(=O)c2ccccc2Br)c1. The Morgan fingerprint density at radius 3 is 2.54 bits per heavy atom. The van der Waals surface area contributed by atoms with Gasteiger partial charge in [0.15, 0.2) is 5.11 Å². The van der Waals surface area contributed by atoms with Gasteiger partial charge in [-0.15, -0.1) is 0 Å². The summed E-state index contributed by atoms with van der Waals surface area (Å²) in [6, 6.07) is 13.8. The lowest BCUT2D eigenvalue weighted by Gasteiger charge is -2.12. The monoisotopic (exact) mass is 463 g/mol. The van der Waals surface area contributed by atoms with Crippen LogP contribution >= 0.6 is 28.1 Å². The normalized spacial score (nSPS) is 10.3. The van der Waals surface area contributed by atoms with Gasteiger partial charge in [0.25, 0.3) is 11.8 Å². The van der Waals surface area contributed by atoms with E-state index in [1.807, 2.05) is 0 Å². The number of hydrogen-bond acceptors (Lipinski definition) is 4. The number of ether oxygens (including phenoxy) is 1. The zero-order valence-electron chi connectivity index (χ0n) is 15.6. The maximum absolute atomic E-state index is 12.3. The zero-order valence-corrected chi connectivity index (χ0v) is 18.0. The van der Waals surface area contributed by atoms with Gasteiger partial charge < -0.3 is 4.74 Å². The Labute approximate surface area is 178 Å². The molecule has 0 aliphatic heterocycles. The van der Waals surface area contributed by atoms with E-state index < -0.39 is 5.91 Å². The number of rotatable bonds is 6. The highest BCUT2D eigenvalue weighted by Crippen LogP contribution is 2.15. The van der Waals surface area contributed by atoms with Crippen LogP contribution in [0, 0.1) is 5.92 Å². The van der Waals surface area contributed by atoms with E-state index in [4.69, 9.17) is 17.0 Å². The summed E-state index contributed by atoms with van der Waals surface area (Å²) in [7, 11) is 0.